The van der Waals surface area contributed by atoms with Crippen LogP contribution in [0.4, 0.5) is 0 Å². The van der Waals surface area contributed by atoms with Crippen LogP contribution >= 0.6 is 0 Å². The number of amides is 2. The van der Waals surface area contributed by atoms with Crippen LogP contribution in [-0.2, 0) is 16.6 Å². The molecule has 5 rings (SSSR count). The van der Waals surface area contributed by atoms with Crippen LogP contribution in [0.5, 0.6) is 0 Å². The van der Waals surface area contributed by atoms with Crippen LogP contribution in [0.2, 0.25) is 0 Å². The minimum absolute atomic E-state index is 0.0383. The fourth-order valence-corrected chi connectivity index (χ4v) is 4.15. The van der Waals surface area contributed by atoms with Gasteiger partial charge in [0.15, 0.2) is 0 Å². The number of ether oxygens (including phenoxy) is 1. The maximum atomic E-state index is 13.1. The number of hydrogen-bond acceptors (Lipinski definition) is 5. The van der Waals surface area contributed by atoms with Gasteiger partial charge in [0.25, 0.3) is 5.91 Å². The highest BCUT2D eigenvalue weighted by Gasteiger charge is 2.45. The predicted molar refractivity (Wildman–Crippen MR) is 117 cm³/mol. The summed E-state index contributed by atoms with van der Waals surface area (Å²) >= 11 is 0. The first-order valence-electron chi connectivity index (χ1n) is 10.5. The summed E-state index contributed by atoms with van der Waals surface area (Å²) in [6.07, 6.45) is 1.99. The normalized spacial score (nSPS) is 18.7. The Morgan fingerprint density at radius 2 is 1.81 bits per heavy atom. The third-order valence-electron chi connectivity index (χ3n) is 6.02. The Morgan fingerprint density at radius 1 is 1.06 bits per heavy atom. The Balaban J connectivity index is 1.30. The molecule has 2 amide bonds. The standard InChI is InChI=1S/C23H25N5O3/c1-27-13-19-7-6-18(12-20(19)26-27)16-2-4-17(5-3-16)21(29)28-10-8-24-22(30)23(14-31-15-23)25-9-11-28/h2-7,12-13,25H,8-11,14-15H2,1H3,(H,24,30). The van der Waals surface area contributed by atoms with E-state index in [0.29, 0.717) is 45.0 Å². The first kappa shape index (κ1) is 19.7. The highest BCUT2D eigenvalue weighted by Crippen LogP contribution is 2.24. The molecular weight excluding hydrogens is 394 g/mol. The highest BCUT2D eigenvalue weighted by molar-refractivity contribution is 5.95. The average Bonchev–Trinajstić information content (AvgIpc) is 3.15. The van der Waals surface area contributed by atoms with Gasteiger partial charge in [-0.3, -0.25) is 19.6 Å². The largest absolute Gasteiger partial charge is 0.376 e. The van der Waals surface area contributed by atoms with Crippen LogP contribution < -0.4 is 10.6 Å². The van der Waals surface area contributed by atoms with E-state index >= 15 is 0 Å². The van der Waals surface area contributed by atoms with Crippen molar-refractivity contribution in [1.82, 2.24) is 25.3 Å². The lowest BCUT2D eigenvalue weighted by atomic mass is 9.96. The maximum absolute atomic E-state index is 13.1. The van der Waals surface area contributed by atoms with E-state index in [1.165, 1.54) is 0 Å². The number of aromatic nitrogens is 2. The van der Waals surface area contributed by atoms with Gasteiger partial charge in [-0.15, -0.1) is 0 Å². The van der Waals surface area contributed by atoms with E-state index in [4.69, 9.17) is 4.74 Å². The van der Waals surface area contributed by atoms with Gasteiger partial charge < -0.3 is 15.0 Å². The first-order valence-corrected chi connectivity index (χ1v) is 10.5. The van der Waals surface area contributed by atoms with Gasteiger partial charge in [0, 0.05) is 50.4 Å². The summed E-state index contributed by atoms with van der Waals surface area (Å²) in [5.74, 6) is -0.0918. The molecule has 3 heterocycles. The van der Waals surface area contributed by atoms with Crippen LogP contribution in [0.3, 0.4) is 0 Å². The Hall–Kier alpha value is -3.23. The Morgan fingerprint density at radius 3 is 2.55 bits per heavy atom. The molecule has 8 nitrogen and oxygen atoms in total. The molecule has 0 bridgehead atoms. The van der Waals surface area contributed by atoms with Gasteiger partial charge >= 0.3 is 0 Å². The summed E-state index contributed by atoms with van der Waals surface area (Å²) in [7, 11) is 1.91. The molecular formula is C23H25N5O3. The quantitative estimate of drug-likeness (QED) is 0.651. The number of fused-ring (bicyclic) bond motifs is 1. The van der Waals surface area contributed by atoms with E-state index in [1.54, 1.807) is 9.58 Å². The number of carbonyl (C=O) groups is 2. The molecule has 31 heavy (non-hydrogen) atoms. The van der Waals surface area contributed by atoms with Gasteiger partial charge in [0.2, 0.25) is 5.91 Å². The van der Waals surface area contributed by atoms with Gasteiger partial charge in [-0.1, -0.05) is 24.3 Å². The number of carbonyl (C=O) groups excluding carboxylic acids is 2. The van der Waals surface area contributed by atoms with Crippen molar-refractivity contribution in [2.75, 3.05) is 39.4 Å². The van der Waals surface area contributed by atoms with E-state index in [9.17, 15) is 9.59 Å². The number of aryl methyl sites for hydroxylation is 1. The zero-order valence-corrected chi connectivity index (χ0v) is 17.4. The van der Waals surface area contributed by atoms with Crippen LogP contribution in [0.15, 0.2) is 48.7 Å². The molecule has 2 aliphatic heterocycles. The molecule has 2 fully saturated rings. The molecule has 1 aromatic heterocycles. The van der Waals surface area contributed by atoms with Crippen molar-refractivity contribution in [3.63, 3.8) is 0 Å². The van der Waals surface area contributed by atoms with Crippen molar-refractivity contribution < 1.29 is 14.3 Å². The molecule has 1 spiro atoms. The van der Waals surface area contributed by atoms with Crippen LogP contribution in [-0.4, -0.2) is 71.4 Å². The smallest absolute Gasteiger partial charge is 0.253 e. The van der Waals surface area contributed by atoms with Gasteiger partial charge in [0.1, 0.15) is 5.54 Å². The third kappa shape index (κ3) is 3.68. The summed E-state index contributed by atoms with van der Waals surface area (Å²) in [5.41, 5.74) is 3.04. The molecule has 2 aromatic carbocycles. The molecule has 8 heteroatoms. The van der Waals surface area contributed by atoms with Crippen molar-refractivity contribution in [3.05, 3.63) is 54.2 Å². The fourth-order valence-electron chi connectivity index (χ4n) is 4.15. The topological polar surface area (TPSA) is 88.5 Å². The van der Waals surface area contributed by atoms with Crippen molar-refractivity contribution >= 4 is 22.7 Å². The molecule has 2 aliphatic rings. The molecule has 0 unspecified atom stereocenters. The van der Waals surface area contributed by atoms with E-state index in [2.05, 4.69) is 33.9 Å². The third-order valence-corrected chi connectivity index (χ3v) is 6.02. The second kappa shape index (κ2) is 7.79. The van der Waals surface area contributed by atoms with Crippen molar-refractivity contribution in [1.29, 1.82) is 0 Å². The second-order valence-electron chi connectivity index (χ2n) is 8.20. The molecule has 3 aromatic rings. The second-order valence-corrected chi connectivity index (χ2v) is 8.20. The fraction of sp³-hybridized carbons (Fsp3) is 0.348. The lowest BCUT2D eigenvalue weighted by Crippen LogP contribution is -2.69. The Labute approximate surface area is 180 Å². The van der Waals surface area contributed by atoms with E-state index < -0.39 is 5.54 Å². The number of hydrogen-bond donors (Lipinski definition) is 2. The molecule has 0 radical (unpaired) electrons. The van der Waals surface area contributed by atoms with Crippen LogP contribution in [0.25, 0.3) is 22.0 Å². The van der Waals surface area contributed by atoms with Crippen LogP contribution in [0, 0.1) is 0 Å². The average molecular weight is 419 g/mol. The summed E-state index contributed by atoms with van der Waals surface area (Å²) in [5, 5.41) is 11.8. The maximum Gasteiger partial charge on any atom is 0.253 e. The van der Waals surface area contributed by atoms with E-state index in [0.717, 1.165) is 22.0 Å². The van der Waals surface area contributed by atoms with Gasteiger partial charge in [0.05, 0.1) is 18.7 Å². The predicted octanol–water partition coefficient (Wildman–Crippen LogP) is 1.17. The summed E-state index contributed by atoms with van der Waals surface area (Å²) in [6.45, 7) is 2.73. The molecule has 2 N–H and O–H groups in total. The van der Waals surface area contributed by atoms with Gasteiger partial charge in [-0.25, -0.2) is 0 Å². The van der Waals surface area contributed by atoms with E-state index in [1.807, 2.05) is 37.5 Å². The first-order chi connectivity index (χ1) is 15.0. The number of rotatable bonds is 2. The minimum atomic E-state index is -0.643. The zero-order chi connectivity index (χ0) is 21.4. The molecule has 0 atom stereocenters. The lowest BCUT2D eigenvalue weighted by molar-refractivity contribution is -0.147. The van der Waals surface area contributed by atoms with Gasteiger partial charge in [-0.05, 0) is 29.3 Å². The molecule has 2 saturated heterocycles. The number of benzene rings is 2. The minimum Gasteiger partial charge on any atom is -0.376 e. The summed E-state index contributed by atoms with van der Waals surface area (Å²) in [4.78, 5) is 27.2. The zero-order valence-electron chi connectivity index (χ0n) is 17.4. The van der Waals surface area contributed by atoms with E-state index in [-0.39, 0.29) is 11.8 Å². The van der Waals surface area contributed by atoms with Crippen molar-refractivity contribution in [2.45, 2.75) is 5.54 Å². The molecule has 160 valence electrons. The SMILES string of the molecule is Cn1cc2ccc(-c3ccc(C(=O)N4CCNC(=O)C5(COC5)NCC4)cc3)cc2n1. The number of nitrogens with one attached hydrogen (secondary N) is 2. The van der Waals surface area contributed by atoms with Gasteiger partial charge in [-0.2, -0.15) is 5.10 Å². The van der Waals surface area contributed by atoms with Crippen LogP contribution in [0.1, 0.15) is 10.4 Å². The van der Waals surface area contributed by atoms with Crippen molar-refractivity contribution in [3.8, 4) is 11.1 Å². The Kier molecular flexibility index (Phi) is 4.95. The number of nitrogens with zero attached hydrogens (tertiary/aromatic N) is 3. The highest BCUT2D eigenvalue weighted by atomic mass is 16.5. The monoisotopic (exact) mass is 419 g/mol. The summed E-state index contributed by atoms with van der Waals surface area (Å²) < 4.78 is 7.03. The molecule has 0 aliphatic carbocycles. The van der Waals surface area contributed by atoms with Crippen molar-refractivity contribution in [2.24, 2.45) is 7.05 Å². The Bertz CT molecular complexity index is 1130. The summed E-state index contributed by atoms with van der Waals surface area (Å²) in [6, 6.07) is 13.8. The molecule has 0 saturated carbocycles. The lowest BCUT2D eigenvalue weighted by Gasteiger charge is -2.40.